The lowest BCUT2D eigenvalue weighted by atomic mass is 9.93. The Morgan fingerprint density at radius 2 is 1.47 bits per heavy atom. The molecule has 0 bridgehead atoms. The van der Waals surface area contributed by atoms with E-state index in [1.54, 1.807) is 24.3 Å². The van der Waals surface area contributed by atoms with E-state index in [0.29, 0.717) is 28.3 Å². The highest BCUT2D eigenvalue weighted by Gasteiger charge is 2.48. The number of benzene rings is 3. The number of hydrogen-bond acceptors (Lipinski definition) is 5. The minimum Gasteiger partial charge on any atom is -0.507 e. The van der Waals surface area contributed by atoms with E-state index >= 15 is 0 Å². The number of nitrogens with zero attached hydrogens (tertiary/aromatic N) is 1. The van der Waals surface area contributed by atoms with Gasteiger partial charge in [-0.15, -0.1) is 0 Å². The minimum absolute atomic E-state index is 0.0161. The molecule has 0 saturated carbocycles. The second-order valence-electron chi connectivity index (χ2n) is 8.46. The van der Waals surface area contributed by atoms with Gasteiger partial charge in [-0.2, -0.15) is 0 Å². The first-order valence-electron chi connectivity index (χ1n) is 10.9. The van der Waals surface area contributed by atoms with Gasteiger partial charge in [0.25, 0.3) is 11.7 Å². The summed E-state index contributed by atoms with van der Waals surface area (Å²) in [5.74, 6) is -0.864. The van der Waals surface area contributed by atoms with Crippen molar-refractivity contribution in [2.24, 2.45) is 0 Å². The molecule has 1 unspecified atom stereocenters. The second-order valence-corrected chi connectivity index (χ2v) is 8.46. The summed E-state index contributed by atoms with van der Waals surface area (Å²) in [7, 11) is 3.03. The number of aliphatic hydroxyl groups is 1. The fourth-order valence-corrected chi connectivity index (χ4v) is 4.53. The normalized spacial score (nSPS) is 17.2. The zero-order valence-corrected chi connectivity index (χ0v) is 19.9. The molecule has 1 aliphatic rings. The van der Waals surface area contributed by atoms with Crippen LogP contribution in [0.4, 0.5) is 5.69 Å². The van der Waals surface area contributed by atoms with Gasteiger partial charge in [-0.25, -0.2) is 0 Å². The average molecular weight is 458 g/mol. The Labute approximate surface area is 199 Å². The van der Waals surface area contributed by atoms with Crippen LogP contribution in [0.15, 0.2) is 66.2 Å². The molecule has 0 aromatic heterocycles. The SMILES string of the molecule is COc1ccc(C)cc1/C(O)=C1\C(=O)C(=O)N(c2cc(C)cc(C)c2)C1c1ccccc1OC. The Balaban J connectivity index is 2.05. The van der Waals surface area contributed by atoms with E-state index in [2.05, 4.69) is 0 Å². The maximum Gasteiger partial charge on any atom is 0.300 e. The van der Waals surface area contributed by atoms with Crippen LogP contribution in [-0.4, -0.2) is 31.0 Å². The molecular weight excluding hydrogens is 430 g/mol. The summed E-state index contributed by atoms with van der Waals surface area (Å²) >= 11 is 0. The Morgan fingerprint density at radius 3 is 2.12 bits per heavy atom. The Hall–Kier alpha value is -4.06. The Kier molecular flexibility index (Phi) is 6.16. The van der Waals surface area contributed by atoms with Gasteiger partial charge in [-0.1, -0.05) is 35.9 Å². The van der Waals surface area contributed by atoms with Crippen LogP contribution in [-0.2, 0) is 9.59 Å². The van der Waals surface area contributed by atoms with E-state index in [1.807, 2.05) is 57.2 Å². The number of anilines is 1. The highest BCUT2D eigenvalue weighted by atomic mass is 16.5. The quantitative estimate of drug-likeness (QED) is 0.322. The molecule has 0 aliphatic carbocycles. The van der Waals surface area contributed by atoms with Gasteiger partial charge in [0.2, 0.25) is 0 Å². The summed E-state index contributed by atoms with van der Waals surface area (Å²) in [6.07, 6.45) is 0. The van der Waals surface area contributed by atoms with Crippen molar-refractivity contribution in [3.63, 3.8) is 0 Å². The fraction of sp³-hybridized carbons (Fsp3) is 0.214. The molecule has 174 valence electrons. The van der Waals surface area contributed by atoms with Crippen molar-refractivity contribution in [2.45, 2.75) is 26.8 Å². The van der Waals surface area contributed by atoms with Crippen molar-refractivity contribution in [1.29, 1.82) is 0 Å². The number of hydrogen-bond donors (Lipinski definition) is 1. The van der Waals surface area contributed by atoms with Gasteiger partial charge in [0.1, 0.15) is 17.3 Å². The van der Waals surface area contributed by atoms with E-state index < -0.39 is 17.7 Å². The lowest BCUT2D eigenvalue weighted by Gasteiger charge is -2.27. The molecule has 34 heavy (non-hydrogen) atoms. The fourth-order valence-electron chi connectivity index (χ4n) is 4.53. The molecule has 3 aromatic carbocycles. The van der Waals surface area contributed by atoms with Crippen LogP contribution < -0.4 is 14.4 Å². The van der Waals surface area contributed by atoms with Gasteiger partial charge in [-0.3, -0.25) is 14.5 Å². The number of carbonyl (C=O) groups excluding carboxylic acids is 2. The highest BCUT2D eigenvalue weighted by Crippen LogP contribution is 2.46. The predicted molar refractivity (Wildman–Crippen MR) is 131 cm³/mol. The van der Waals surface area contributed by atoms with Crippen LogP contribution in [0, 0.1) is 20.8 Å². The molecule has 1 N–H and O–H groups in total. The van der Waals surface area contributed by atoms with Crippen LogP contribution >= 0.6 is 0 Å². The predicted octanol–water partition coefficient (Wildman–Crippen LogP) is 5.26. The lowest BCUT2D eigenvalue weighted by Crippen LogP contribution is -2.29. The average Bonchev–Trinajstić information content (AvgIpc) is 3.08. The molecule has 0 spiro atoms. The van der Waals surface area contributed by atoms with Crippen molar-refractivity contribution < 1.29 is 24.2 Å². The number of para-hydroxylation sites is 1. The summed E-state index contributed by atoms with van der Waals surface area (Å²) in [5.41, 5.74) is 4.28. The molecule has 1 amide bonds. The minimum atomic E-state index is -0.887. The maximum atomic E-state index is 13.5. The number of amides is 1. The molecule has 4 rings (SSSR count). The Bertz CT molecular complexity index is 1300. The number of carbonyl (C=O) groups is 2. The molecule has 1 heterocycles. The smallest absolute Gasteiger partial charge is 0.300 e. The molecule has 6 heteroatoms. The van der Waals surface area contributed by atoms with Gasteiger partial charge < -0.3 is 14.6 Å². The number of aryl methyl sites for hydroxylation is 3. The zero-order valence-electron chi connectivity index (χ0n) is 19.9. The van der Waals surface area contributed by atoms with Crippen molar-refractivity contribution in [3.05, 3.63) is 94.1 Å². The third-order valence-corrected chi connectivity index (χ3v) is 5.97. The van der Waals surface area contributed by atoms with Gasteiger partial charge in [-0.05, 0) is 62.2 Å². The standard InChI is InChI=1S/C28H27NO5/c1-16-10-11-23(34-5)21(15-16)26(30)24-25(20-8-6-7-9-22(20)33-4)29(28(32)27(24)31)19-13-17(2)12-18(3)14-19/h6-15,25,30H,1-5H3/b26-24+. The number of rotatable bonds is 5. The molecule has 1 atom stereocenters. The maximum absolute atomic E-state index is 13.5. The van der Waals surface area contributed by atoms with E-state index in [-0.39, 0.29) is 11.3 Å². The van der Waals surface area contributed by atoms with Crippen molar-refractivity contribution in [3.8, 4) is 11.5 Å². The van der Waals surface area contributed by atoms with Gasteiger partial charge in [0, 0.05) is 11.3 Å². The van der Waals surface area contributed by atoms with Crippen LogP contribution in [0.25, 0.3) is 5.76 Å². The van der Waals surface area contributed by atoms with Crippen molar-refractivity contribution in [1.82, 2.24) is 0 Å². The second kappa shape index (κ2) is 9.06. The number of Topliss-reactive ketones (excluding diaryl/α,β-unsaturated/α-hetero) is 1. The molecule has 1 saturated heterocycles. The monoisotopic (exact) mass is 457 g/mol. The summed E-state index contributed by atoms with van der Waals surface area (Å²) in [6, 6.07) is 17.3. The molecule has 6 nitrogen and oxygen atoms in total. The van der Waals surface area contributed by atoms with Crippen molar-refractivity contribution >= 4 is 23.1 Å². The first-order chi connectivity index (χ1) is 16.3. The lowest BCUT2D eigenvalue weighted by molar-refractivity contribution is -0.132. The van der Waals surface area contributed by atoms with Gasteiger partial charge in [0.15, 0.2) is 0 Å². The number of ether oxygens (including phenoxy) is 2. The first kappa shape index (κ1) is 23.1. The summed E-state index contributed by atoms with van der Waals surface area (Å²) in [6.45, 7) is 5.74. The van der Waals surface area contributed by atoms with E-state index in [4.69, 9.17) is 9.47 Å². The van der Waals surface area contributed by atoms with E-state index in [0.717, 1.165) is 16.7 Å². The molecule has 0 radical (unpaired) electrons. The van der Waals surface area contributed by atoms with Gasteiger partial charge in [0.05, 0.1) is 31.4 Å². The third-order valence-electron chi connectivity index (χ3n) is 5.97. The third kappa shape index (κ3) is 3.92. The summed E-state index contributed by atoms with van der Waals surface area (Å²) < 4.78 is 11.0. The Morgan fingerprint density at radius 1 is 0.824 bits per heavy atom. The van der Waals surface area contributed by atoms with Crippen LogP contribution in [0.5, 0.6) is 11.5 Å². The number of methoxy groups -OCH3 is 2. The van der Waals surface area contributed by atoms with E-state index in [1.165, 1.54) is 19.1 Å². The van der Waals surface area contributed by atoms with Crippen LogP contribution in [0.3, 0.4) is 0 Å². The van der Waals surface area contributed by atoms with Crippen LogP contribution in [0.2, 0.25) is 0 Å². The zero-order chi connectivity index (χ0) is 24.6. The number of aliphatic hydroxyl groups excluding tert-OH is 1. The topological polar surface area (TPSA) is 76.1 Å². The highest BCUT2D eigenvalue weighted by molar-refractivity contribution is 6.51. The first-order valence-corrected chi connectivity index (χ1v) is 10.9. The van der Waals surface area contributed by atoms with Gasteiger partial charge >= 0.3 is 0 Å². The summed E-state index contributed by atoms with van der Waals surface area (Å²) in [4.78, 5) is 28.3. The molecular formula is C28H27NO5. The van der Waals surface area contributed by atoms with E-state index in [9.17, 15) is 14.7 Å². The largest absolute Gasteiger partial charge is 0.507 e. The number of ketones is 1. The van der Waals surface area contributed by atoms with Crippen LogP contribution in [0.1, 0.15) is 33.9 Å². The van der Waals surface area contributed by atoms with Crippen molar-refractivity contribution in [2.75, 3.05) is 19.1 Å². The summed E-state index contributed by atoms with van der Waals surface area (Å²) in [5, 5.41) is 11.5. The molecule has 1 aliphatic heterocycles. The molecule has 3 aromatic rings. The molecule has 1 fully saturated rings.